The van der Waals surface area contributed by atoms with Gasteiger partial charge in [0.2, 0.25) is 0 Å². The van der Waals surface area contributed by atoms with Crippen molar-refractivity contribution in [2.45, 2.75) is 19.9 Å². The van der Waals surface area contributed by atoms with E-state index in [-0.39, 0.29) is 17.9 Å². The Morgan fingerprint density at radius 2 is 1.88 bits per heavy atom. The molecule has 2 N–H and O–H groups in total. The van der Waals surface area contributed by atoms with Crippen LogP contribution in [0.2, 0.25) is 0 Å². The molecule has 0 fully saturated rings. The van der Waals surface area contributed by atoms with E-state index in [4.69, 9.17) is 9.47 Å². The number of halogens is 1. The van der Waals surface area contributed by atoms with E-state index in [0.717, 1.165) is 17.2 Å². The van der Waals surface area contributed by atoms with Crippen molar-refractivity contribution in [2.75, 3.05) is 13.7 Å². The molecule has 1 unspecified atom stereocenters. The molecule has 0 heterocycles. The van der Waals surface area contributed by atoms with E-state index >= 15 is 0 Å². The van der Waals surface area contributed by atoms with Gasteiger partial charge in [0.1, 0.15) is 5.75 Å². The van der Waals surface area contributed by atoms with Crippen LogP contribution in [0.15, 0.2) is 36.4 Å². The van der Waals surface area contributed by atoms with Crippen LogP contribution in [0, 0.1) is 19.7 Å². The fourth-order valence-electron chi connectivity index (χ4n) is 2.31. The molecule has 0 aromatic heterocycles. The zero-order valence-electron chi connectivity index (χ0n) is 14.7. The zero-order valence-corrected chi connectivity index (χ0v) is 14.7. The van der Waals surface area contributed by atoms with E-state index in [0.29, 0.717) is 5.75 Å². The standard InChI is InChI=1S/C19H20FNO5/c1-11-4-6-14(8-12(11)2)26-10-17(22)21-18(19(23)24)13-5-7-16(25-3)15(20)9-13/h4-9,18H,10H2,1-3H3,(H,21,22)(H,23,24). The van der Waals surface area contributed by atoms with Crippen molar-refractivity contribution in [1.29, 1.82) is 0 Å². The minimum atomic E-state index is -1.40. The lowest BCUT2D eigenvalue weighted by molar-refractivity contribution is -0.142. The maximum absolute atomic E-state index is 13.8. The lowest BCUT2D eigenvalue weighted by Gasteiger charge is -2.16. The number of methoxy groups -OCH3 is 1. The molecule has 1 atom stereocenters. The molecule has 2 rings (SSSR count). The summed E-state index contributed by atoms with van der Waals surface area (Å²) < 4.78 is 24.0. The van der Waals surface area contributed by atoms with Gasteiger partial charge in [0.05, 0.1) is 7.11 Å². The van der Waals surface area contributed by atoms with Gasteiger partial charge >= 0.3 is 5.97 Å². The molecule has 0 aliphatic carbocycles. The van der Waals surface area contributed by atoms with Gasteiger partial charge < -0.3 is 19.9 Å². The molecule has 0 bridgehead atoms. The highest BCUT2D eigenvalue weighted by molar-refractivity contribution is 5.85. The first-order valence-corrected chi connectivity index (χ1v) is 7.87. The van der Waals surface area contributed by atoms with Crippen LogP contribution >= 0.6 is 0 Å². The molecule has 138 valence electrons. The van der Waals surface area contributed by atoms with Gasteiger partial charge in [-0.15, -0.1) is 0 Å². The number of carbonyl (C=O) groups is 2. The van der Waals surface area contributed by atoms with Crippen LogP contribution in [0.1, 0.15) is 22.7 Å². The average molecular weight is 361 g/mol. The van der Waals surface area contributed by atoms with Crippen LogP contribution in [0.5, 0.6) is 11.5 Å². The van der Waals surface area contributed by atoms with Gasteiger partial charge in [0, 0.05) is 0 Å². The summed E-state index contributed by atoms with van der Waals surface area (Å²) in [4.78, 5) is 23.5. The SMILES string of the molecule is COc1ccc(C(NC(=O)COc2ccc(C)c(C)c2)C(=O)O)cc1F. The molecule has 26 heavy (non-hydrogen) atoms. The topological polar surface area (TPSA) is 84.9 Å². The van der Waals surface area contributed by atoms with Crippen LogP contribution in [0.3, 0.4) is 0 Å². The van der Waals surface area contributed by atoms with Crippen LogP contribution < -0.4 is 14.8 Å². The summed E-state index contributed by atoms with van der Waals surface area (Å²) in [5.41, 5.74) is 2.20. The Morgan fingerprint density at radius 1 is 1.15 bits per heavy atom. The van der Waals surface area contributed by atoms with E-state index in [1.54, 1.807) is 12.1 Å². The van der Waals surface area contributed by atoms with Crippen molar-refractivity contribution >= 4 is 11.9 Å². The second-order valence-electron chi connectivity index (χ2n) is 5.77. The summed E-state index contributed by atoms with van der Waals surface area (Å²) in [6, 6.07) is 7.68. The molecule has 0 radical (unpaired) electrons. The minimum Gasteiger partial charge on any atom is -0.494 e. The second-order valence-corrected chi connectivity index (χ2v) is 5.77. The number of carbonyl (C=O) groups excluding carboxylic acids is 1. The molecule has 0 aliphatic rings. The molecule has 0 spiro atoms. The Kier molecular flexibility index (Phi) is 6.16. The Labute approximate surface area is 150 Å². The van der Waals surface area contributed by atoms with Gasteiger partial charge in [-0.25, -0.2) is 9.18 Å². The first-order chi connectivity index (χ1) is 12.3. The third-order valence-electron chi connectivity index (χ3n) is 3.91. The predicted octanol–water partition coefficient (Wildman–Crippen LogP) is 2.77. The third kappa shape index (κ3) is 4.72. The molecule has 2 aromatic rings. The van der Waals surface area contributed by atoms with Crippen LogP contribution in [-0.2, 0) is 9.59 Å². The summed E-state index contributed by atoms with van der Waals surface area (Å²) in [5.74, 6) is -2.16. The monoisotopic (exact) mass is 361 g/mol. The number of benzene rings is 2. The van der Waals surface area contributed by atoms with Crippen LogP contribution in [0.4, 0.5) is 4.39 Å². The summed E-state index contributed by atoms with van der Waals surface area (Å²) in [6.07, 6.45) is 0. The highest BCUT2D eigenvalue weighted by Crippen LogP contribution is 2.22. The predicted molar refractivity (Wildman–Crippen MR) is 92.9 cm³/mol. The second kappa shape index (κ2) is 8.33. The first-order valence-electron chi connectivity index (χ1n) is 7.87. The normalized spacial score (nSPS) is 11.5. The summed E-state index contributed by atoms with van der Waals surface area (Å²) in [6.45, 7) is 3.52. The van der Waals surface area contributed by atoms with E-state index in [9.17, 15) is 19.1 Å². The average Bonchev–Trinajstić information content (AvgIpc) is 2.60. The zero-order chi connectivity index (χ0) is 19.3. The van der Waals surface area contributed by atoms with Crippen molar-refractivity contribution in [1.82, 2.24) is 5.32 Å². The number of rotatable bonds is 7. The van der Waals surface area contributed by atoms with Crippen molar-refractivity contribution in [3.63, 3.8) is 0 Å². The molecular formula is C19H20FNO5. The van der Waals surface area contributed by atoms with Gasteiger partial charge in [-0.05, 0) is 54.8 Å². The number of carboxylic acid groups (broad SMARTS) is 1. The molecule has 0 saturated carbocycles. The maximum atomic E-state index is 13.8. The van der Waals surface area contributed by atoms with E-state index in [2.05, 4.69) is 5.32 Å². The van der Waals surface area contributed by atoms with Crippen molar-refractivity contribution in [2.24, 2.45) is 0 Å². The lowest BCUT2D eigenvalue weighted by Crippen LogP contribution is -2.36. The van der Waals surface area contributed by atoms with Crippen LogP contribution in [0.25, 0.3) is 0 Å². The number of ether oxygens (including phenoxy) is 2. The summed E-state index contributed by atoms with van der Waals surface area (Å²) in [7, 11) is 1.30. The highest BCUT2D eigenvalue weighted by Gasteiger charge is 2.23. The van der Waals surface area contributed by atoms with Crippen molar-refractivity contribution < 1.29 is 28.6 Å². The molecule has 0 aliphatic heterocycles. The van der Waals surface area contributed by atoms with E-state index in [1.165, 1.54) is 19.2 Å². The lowest BCUT2D eigenvalue weighted by atomic mass is 10.1. The maximum Gasteiger partial charge on any atom is 0.330 e. The van der Waals surface area contributed by atoms with Gasteiger partial charge in [-0.3, -0.25) is 4.79 Å². The molecule has 6 nitrogen and oxygen atoms in total. The number of carboxylic acids is 1. The fourth-order valence-corrected chi connectivity index (χ4v) is 2.31. The first kappa shape index (κ1) is 19.2. The van der Waals surface area contributed by atoms with Gasteiger partial charge in [-0.1, -0.05) is 12.1 Å². The van der Waals surface area contributed by atoms with E-state index in [1.807, 2.05) is 19.9 Å². The third-order valence-corrected chi connectivity index (χ3v) is 3.91. The molecule has 2 aromatic carbocycles. The summed E-state index contributed by atoms with van der Waals surface area (Å²) >= 11 is 0. The number of nitrogens with one attached hydrogen (secondary N) is 1. The highest BCUT2D eigenvalue weighted by atomic mass is 19.1. The Bertz CT molecular complexity index is 822. The largest absolute Gasteiger partial charge is 0.494 e. The molecule has 7 heteroatoms. The van der Waals surface area contributed by atoms with E-state index < -0.39 is 23.7 Å². The van der Waals surface area contributed by atoms with Crippen molar-refractivity contribution in [3.8, 4) is 11.5 Å². The Morgan fingerprint density at radius 3 is 2.46 bits per heavy atom. The smallest absolute Gasteiger partial charge is 0.330 e. The number of hydrogen-bond acceptors (Lipinski definition) is 4. The van der Waals surface area contributed by atoms with Gasteiger partial charge in [-0.2, -0.15) is 0 Å². The van der Waals surface area contributed by atoms with Crippen molar-refractivity contribution in [3.05, 3.63) is 58.9 Å². The number of amides is 1. The quantitative estimate of drug-likeness (QED) is 0.792. The molecule has 1 amide bonds. The van der Waals surface area contributed by atoms with Gasteiger partial charge in [0.25, 0.3) is 5.91 Å². The Hall–Kier alpha value is -3.09. The Balaban J connectivity index is 2.04. The molecular weight excluding hydrogens is 341 g/mol. The van der Waals surface area contributed by atoms with Gasteiger partial charge in [0.15, 0.2) is 24.2 Å². The fraction of sp³-hybridized carbons (Fsp3) is 0.263. The summed E-state index contributed by atoms with van der Waals surface area (Å²) in [5, 5.41) is 11.7. The number of hydrogen-bond donors (Lipinski definition) is 2. The van der Waals surface area contributed by atoms with Crippen LogP contribution in [-0.4, -0.2) is 30.7 Å². The number of aliphatic carboxylic acids is 1. The molecule has 0 saturated heterocycles. The minimum absolute atomic E-state index is 0.0118. The number of aryl methyl sites for hydroxylation is 2.